The second-order valence-corrected chi connectivity index (χ2v) is 4.25. The lowest BCUT2D eigenvalue weighted by Crippen LogP contribution is -2.00. The highest BCUT2D eigenvalue weighted by Gasteiger charge is 2.05. The number of nitrogens with two attached hydrogens (primary N) is 1. The molecule has 1 aromatic rings. The Kier molecular flexibility index (Phi) is 4.76. The number of hydrogen-bond donors (Lipinski definition) is 1. The summed E-state index contributed by atoms with van der Waals surface area (Å²) in [6.07, 6.45) is 2.73. The first-order chi connectivity index (χ1) is 7.15. The molecule has 0 unspecified atom stereocenters. The summed E-state index contributed by atoms with van der Waals surface area (Å²) in [5, 5.41) is 0. The molecule has 1 nitrogen and oxygen atoms in total. The lowest BCUT2D eigenvalue weighted by Gasteiger charge is -2.09. The normalized spacial score (nSPS) is 11.0. The van der Waals surface area contributed by atoms with E-state index in [1.165, 1.54) is 5.56 Å². The monoisotopic (exact) mass is 209 g/mol. The van der Waals surface area contributed by atoms with Crippen LogP contribution in [0.15, 0.2) is 18.2 Å². The van der Waals surface area contributed by atoms with Gasteiger partial charge in [-0.1, -0.05) is 26.0 Å². The molecule has 2 N–H and O–H groups in total. The van der Waals surface area contributed by atoms with Crippen LogP contribution in [0.25, 0.3) is 0 Å². The molecule has 0 aliphatic rings. The quantitative estimate of drug-likeness (QED) is 0.740. The first-order valence-corrected chi connectivity index (χ1v) is 5.63. The standard InChI is InChI=1S/C13H20FN/c1-10(2)11-6-7-13(14)12(9-11)5-3-4-8-15/h6-7,9-10H,3-5,8,15H2,1-2H3. The Morgan fingerprint density at radius 2 is 2.00 bits per heavy atom. The summed E-state index contributed by atoms with van der Waals surface area (Å²) in [6.45, 7) is 4.93. The maximum absolute atomic E-state index is 13.4. The maximum Gasteiger partial charge on any atom is 0.126 e. The summed E-state index contributed by atoms with van der Waals surface area (Å²) in [4.78, 5) is 0. The van der Waals surface area contributed by atoms with Crippen molar-refractivity contribution in [2.24, 2.45) is 5.73 Å². The first-order valence-electron chi connectivity index (χ1n) is 5.63. The zero-order valence-electron chi connectivity index (χ0n) is 9.59. The molecule has 0 fully saturated rings. The van der Waals surface area contributed by atoms with E-state index in [-0.39, 0.29) is 5.82 Å². The largest absolute Gasteiger partial charge is 0.330 e. The molecule has 0 radical (unpaired) electrons. The van der Waals surface area contributed by atoms with Crippen LogP contribution in [0, 0.1) is 5.82 Å². The van der Waals surface area contributed by atoms with E-state index in [9.17, 15) is 4.39 Å². The minimum Gasteiger partial charge on any atom is -0.330 e. The number of halogens is 1. The molecule has 84 valence electrons. The van der Waals surface area contributed by atoms with Gasteiger partial charge in [0, 0.05) is 0 Å². The van der Waals surface area contributed by atoms with Gasteiger partial charge in [0.05, 0.1) is 0 Å². The third-order valence-electron chi connectivity index (χ3n) is 2.64. The number of rotatable bonds is 5. The molecule has 0 amide bonds. The van der Waals surface area contributed by atoms with Gasteiger partial charge in [-0.25, -0.2) is 4.39 Å². The molecule has 1 rings (SSSR count). The summed E-state index contributed by atoms with van der Waals surface area (Å²) in [5.74, 6) is 0.371. The van der Waals surface area contributed by atoms with Gasteiger partial charge in [0.1, 0.15) is 5.82 Å². The minimum atomic E-state index is -0.0866. The molecule has 15 heavy (non-hydrogen) atoms. The van der Waals surface area contributed by atoms with Crippen molar-refractivity contribution in [2.75, 3.05) is 6.54 Å². The van der Waals surface area contributed by atoms with Crippen molar-refractivity contribution in [2.45, 2.75) is 39.0 Å². The van der Waals surface area contributed by atoms with Crippen LogP contribution in [-0.4, -0.2) is 6.54 Å². The van der Waals surface area contributed by atoms with Crippen LogP contribution in [-0.2, 0) is 6.42 Å². The third kappa shape index (κ3) is 3.63. The van der Waals surface area contributed by atoms with Gasteiger partial charge in [0.2, 0.25) is 0 Å². The van der Waals surface area contributed by atoms with Gasteiger partial charge in [-0.15, -0.1) is 0 Å². The average Bonchev–Trinajstić information content (AvgIpc) is 2.20. The zero-order valence-corrected chi connectivity index (χ0v) is 9.59. The lowest BCUT2D eigenvalue weighted by molar-refractivity contribution is 0.599. The number of benzene rings is 1. The number of unbranched alkanes of at least 4 members (excludes halogenated alkanes) is 1. The highest BCUT2D eigenvalue weighted by molar-refractivity contribution is 5.27. The predicted molar refractivity (Wildman–Crippen MR) is 62.5 cm³/mol. The highest BCUT2D eigenvalue weighted by Crippen LogP contribution is 2.19. The van der Waals surface area contributed by atoms with Crippen LogP contribution >= 0.6 is 0 Å². The van der Waals surface area contributed by atoms with E-state index >= 15 is 0 Å². The number of aryl methyl sites for hydroxylation is 1. The smallest absolute Gasteiger partial charge is 0.126 e. The predicted octanol–water partition coefficient (Wildman–Crippen LogP) is 3.23. The second kappa shape index (κ2) is 5.86. The molecule has 0 saturated heterocycles. The van der Waals surface area contributed by atoms with Crippen molar-refractivity contribution in [3.05, 3.63) is 35.1 Å². The highest BCUT2D eigenvalue weighted by atomic mass is 19.1. The van der Waals surface area contributed by atoms with E-state index in [4.69, 9.17) is 5.73 Å². The zero-order chi connectivity index (χ0) is 11.3. The van der Waals surface area contributed by atoms with E-state index in [0.717, 1.165) is 24.8 Å². The fraction of sp³-hybridized carbons (Fsp3) is 0.538. The van der Waals surface area contributed by atoms with Gasteiger partial charge in [-0.3, -0.25) is 0 Å². The summed E-state index contributed by atoms with van der Waals surface area (Å²) in [6, 6.07) is 5.43. The molecule has 0 aliphatic heterocycles. The molecule has 2 heteroatoms. The van der Waals surface area contributed by atoms with Crippen molar-refractivity contribution < 1.29 is 4.39 Å². The SMILES string of the molecule is CC(C)c1ccc(F)c(CCCCN)c1. The van der Waals surface area contributed by atoms with Gasteiger partial charge in [0.15, 0.2) is 0 Å². The Balaban J connectivity index is 2.72. The molecule has 0 heterocycles. The van der Waals surface area contributed by atoms with E-state index in [1.54, 1.807) is 6.07 Å². The van der Waals surface area contributed by atoms with Gasteiger partial charge in [-0.05, 0) is 48.9 Å². The van der Waals surface area contributed by atoms with Crippen LogP contribution < -0.4 is 5.73 Å². The van der Waals surface area contributed by atoms with Crippen molar-refractivity contribution in [3.8, 4) is 0 Å². The molecule has 0 bridgehead atoms. The van der Waals surface area contributed by atoms with Crippen LogP contribution in [0.2, 0.25) is 0 Å². The molecule has 0 saturated carbocycles. The molecular weight excluding hydrogens is 189 g/mol. The molecule has 0 aliphatic carbocycles. The second-order valence-electron chi connectivity index (χ2n) is 4.25. The fourth-order valence-electron chi connectivity index (χ4n) is 1.61. The van der Waals surface area contributed by atoms with Gasteiger partial charge >= 0.3 is 0 Å². The Morgan fingerprint density at radius 3 is 2.60 bits per heavy atom. The molecule has 1 aromatic carbocycles. The van der Waals surface area contributed by atoms with Crippen molar-refractivity contribution in [3.63, 3.8) is 0 Å². The van der Waals surface area contributed by atoms with Gasteiger partial charge in [0.25, 0.3) is 0 Å². The summed E-state index contributed by atoms with van der Waals surface area (Å²) < 4.78 is 13.4. The molecule has 0 spiro atoms. The Morgan fingerprint density at radius 1 is 1.27 bits per heavy atom. The van der Waals surface area contributed by atoms with E-state index in [1.807, 2.05) is 12.1 Å². The third-order valence-corrected chi connectivity index (χ3v) is 2.64. The van der Waals surface area contributed by atoms with Crippen molar-refractivity contribution in [1.82, 2.24) is 0 Å². The van der Waals surface area contributed by atoms with E-state index in [2.05, 4.69) is 13.8 Å². The van der Waals surface area contributed by atoms with Gasteiger partial charge in [-0.2, -0.15) is 0 Å². The van der Waals surface area contributed by atoms with E-state index < -0.39 is 0 Å². The summed E-state index contributed by atoms with van der Waals surface area (Å²) >= 11 is 0. The van der Waals surface area contributed by atoms with Crippen molar-refractivity contribution in [1.29, 1.82) is 0 Å². The Hall–Kier alpha value is -0.890. The lowest BCUT2D eigenvalue weighted by atomic mass is 9.98. The average molecular weight is 209 g/mol. The minimum absolute atomic E-state index is 0.0866. The van der Waals surface area contributed by atoms with Crippen LogP contribution in [0.4, 0.5) is 4.39 Å². The summed E-state index contributed by atoms with van der Waals surface area (Å²) in [5.41, 5.74) is 7.45. The van der Waals surface area contributed by atoms with E-state index in [0.29, 0.717) is 12.5 Å². The molecule has 0 atom stereocenters. The topological polar surface area (TPSA) is 26.0 Å². The first kappa shape index (κ1) is 12.2. The van der Waals surface area contributed by atoms with Crippen LogP contribution in [0.5, 0.6) is 0 Å². The summed E-state index contributed by atoms with van der Waals surface area (Å²) in [7, 11) is 0. The molecule has 0 aromatic heterocycles. The van der Waals surface area contributed by atoms with Crippen molar-refractivity contribution >= 4 is 0 Å². The molecular formula is C13H20FN. The maximum atomic E-state index is 13.4. The van der Waals surface area contributed by atoms with Crippen LogP contribution in [0.3, 0.4) is 0 Å². The van der Waals surface area contributed by atoms with Crippen LogP contribution in [0.1, 0.15) is 43.7 Å². The Labute approximate surface area is 91.5 Å². The van der Waals surface area contributed by atoms with Gasteiger partial charge < -0.3 is 5.73 Å². The number of hydrogen-bond acceptors (Lipinski definition) is 1. The fourth-order valence-corrected chi connectivity index (χ4v) is 1.61. The Bertz CT molecular complexity index is 307.